The highest BCUT2D eigenvalue weighted by Gasteiger charge is 2.29. The third-order valence-electron chi connectivity index (χ3n) is 7.02. The number of benzene rings is 4. The number of esters is 1. The molecule has 192 valence electrons. The largest absolute Gasteiger partial charge is 0.484 e. The Kier molecular flexibility index (Phi) is 6.71. The van der Waals surface area contributed by atoms with Crippen molar-refractivity contribution >= 4 is 27.7 Å². The normalized spacial score (nSPS) is 13.4. The van der Waals surface area contributed by atoms with Crippen LogP contribution in [0.3, 0.4) is 0 Å². The standard InChI is InChI=1S/C32H29NO5/c1-35-28(34)19-33-17-16-26-27(18-33)38-30-24-14-8-9-15-25(24)31(36-20-22-10-4-2-5-11-22)32(29(26)30)37-21-23-12-6-3-7-13-23/h2-15H,16-21H2,1H3. The molecule has 0 atom stereocenters. The van der Waals surface area contributed by atoms with Crippen LogP contribution in [0.5, 0.6) is 11.5 Å². The lowest BCUT2D eigenvalue weighted by molar-refractivity contribution is -0.142. The second kappa shape index (κ2) is 10.6. The van der Waals surface area contributed by atoms with Crippen LogP contribution in [0.25, 0.3) is 21.7 Å². The highest BCUT2D eigenvalue weighted by atomic mass is 16.5. The molecule has 0 N–H and O–H groups in total. The maximum atomic E-state index is 11.9. The summed E-state index contributed by atoms with van der Waals surface area (Å²) in [6.45, 7) is 2.32. The van der Waals surface area contributed by atoms with Gasteiger partial charge in [-0.2, -0.15) is 0 Å². The molecule has 1 aliphatic heterocycles. The van der Waals surface area contributed by atoms with Crippen LogP contribution in [0.4, 0.5) is 0 Å². The molecule has 6 rings (SSSR count). The molecular weight excluding hydrogens is 478 g/mol. The summed E-state index contributed by atoms with van der Waals surface area (Å²) in [6.07, 6.45) is 0.734. The van der Waals surface area contributed by atoms with Gasteiger partial charge in [-0.1, -0.05) is 84.9 Å². The van der Waals surface area contributed by atoms with E-state index in [2.05, 4.69) is 41.3 Å². The Hall–Kier alpha value is -4.29. The van der Waals surface area contributed by atoms with E-state index in [-0.39, 0.29) is 12.5 Å². The molecule has 38 heavy (non-hydrogen) atoms. The van der Waals surface area contributed by atoms with Gasteiger partial charge in [0.2, 0.25) is 0 Å². The summed E-state index contributed by atoms with van der Waals surface area (Å²) in [6, 6.07) is 28.4. The maximum Gasteiger partial charge on any atom is 0.319 e. The summed E-state index contributed by atoms with van der Waals surface area (Å²) in [7, 11) is 1.42. The van der Waals surface area contributed by atoms with Crippen molar-refractivity contribution in [3.63, 3.8) is 0 Å². The SMILES string of the molecule is COC(=O)CN1CCc2c(oc3c2c(OCc2ccccc2)c(OCc2ccccc2)c2ccccc23)C1. The lowest BCUT2D eigenvalue weighted by Crippen LogP contribution is -2.34. The van der Waals surface area contributed by atoms with Crippen LogP contribution in [-0.4, -0.2) is 31.1 Å². The molecule has 2 heterocycles. The first-order valence-electron chi connectivity index (χ1n) is 12.8. The lowest BCUT2D eigenvalue weighted by Gasteiger charge is -2.24. The number of furan rings is 1. The van der Waals surface area contributed by atoms with Gasteiger partial charge in [0.25, 0.3) is 0 Å². The van der Waals surface area contributed by atoms with E-state index in [0.717, 1.165) is 57.2 Å². The van der Waals surface area contributed by atoms with E-state index >= 15 is 0 Å². The van der Waals surface area contributed by atoms with E-state index in [1.807, 2.05) is 48.5 Å². The van der Waals surface area contributed by atoms with Crippen molar-refractivity contribution in [1.82, 2.24) is 4.90 Å². The van der Waals surface area contributed by atoms with Crippen LogP contribution < -0.4 is 9.47 Å². The smallest absolute Gasteiger partial charge is 0.319 e. The molecule has 0 radical (unpaired) electrons. The second-order valence-corrected chi connectivity index (χ2v) is 9.50. The number of methoxy groups -OCH3 is 1. The molecule has 0 saturated carbocycles. The fraction of sp³-hybridized carbons (Fsp3) is 0.219. The Bertz CT molecular complexity index is 1580. The summed E-state index contributed by atoms with van der Waals surface area (Å²) >= 11 is 0. The molecule has 0 spiro atoms. The zero-order valence-electron chi connectivity index (χ0n) is 21.3. The van der Waals surface area contributed by atoms with Crippen molar-refractivity contribution < 1.29 is 23.4 Å². The molecule has 4 aromatic carbocycles. The van der Waals surface area contributed by atoms with Gasteiger partial charge < -0.3 is 18.6 Å². The third-order valence-corrected chi connectivity index (χ3v) is 7.02. The molecule has 5 aromatic rings. The third kappa shape index (κ3) is 4.71. The summed E-state index contributed by atoms with van der Waals surface area (Å²) in [4.78, 5) is 14.0. The molecule has 1 aromatic heterocycles. The van der Waals surface area contributed by atoms with Crippen molar-refractivity contribution in [3.8, 4) is 11.5 Å². The Morgan fingerprint density at radius 3 is 2.08 bits per heavy atom. The van der Waals surface area contributed by atoms with Gasteiger partial charge in [0.1, 0.15) is 24.6 Å². The van der Waals surface area contributed by atoms with Gasteiger partial charge in [-0.3, -0.25) is 9.69 Å². The van der Waals surface area contributed by atoms with Gasteiger partial charge in [-0.05, 0) is 17.5 Å². The lowest BCUT2D eigenvalue weighted by atomic mass is 9.99. The zero-order chi connectivity index (χ0) is 25.9. The number of carbonyl (C=O) groups is 1. The molecule has 0 unspecified atom stereocenters. The molecule has 1 aliphatic rings. The molecule has 0 saturated heterocycles. The second-order valence-electron chi connectivity index (χ2n) is 9.50. The number of ether oxygens (including phenoxy) is 3. The first-order chi connectivity index (χ1) is 18.7. The van der Waals surface area contributed by atoms with Crippen LogP contribution in [0.2, 0.25) is 0 Å². The highest BCUT2D eigenvalue weighted by molar-refractivity contribution is 6.12. The van der Waals surface area contributed by atoms with E-state index in [9.17, 15) is 4.79 Å². The van der Waals surface area contributed by atoms with Crippen LogP contribution >= 0.6 is 0 Å². The van der Waals surface area contributed by atoms with Gasteiger partial charge in [-0.15, -0.1) is 0 Å². The Morgan fingerprint density at radius 2 is 1.42 bits per heavy atom. The minimum atomic E-state index is -0.251. The Morgan fingerprint density at radius 1 is 0.816 bits per heavy atom. The topological polar surface area (TPSA) is 61.1 Å². The molecular formula is C32H29NO5. The Labute approximate surface area is 221 Å². The fourth-order valence-electron chi connectivity index (χ4n) is 5.12. The van der Waals surface area contributed by atoms with Crippen LogP contribution in [0.1, 0.15) is 22.5 Å². The van der Waals surface area contributed by atoms with E-state index < -0.39 is 0 Å². The summed E-state index contributed by atoms with van der Waals surface area (Å²) in [5.74, 6) is 2.02. The van der Waals surface area contributed by atoms with Crippen molar-refractivity contribution in [3.05, 3.63) is 107 Å². The number of nitrogens with zero attached hydrogens (tertiary/aromatic N) is 1. The van der Waals surface area contributed by atoms with Crippen molar-refractivity contribution in [1.29, 1.82) is 0 Å². The minimum absolute atomic E-state index is 0.233. The van der Waals surface area contributed by atoms with E-state index in [0.29, 0.717) is 31.3 Å². The first-order valence-corrected chi connectivity index (χ1v) is 12.8. The minimum Gasteiger partial charge on any atom is -0.484 e. The average Bonchev–Trinajstić information content (AvgIpc) is 3.35. The molecule has 6 heteroatoms. The van der Waals surface area contributed by atoms with Crippen LogP contribution in [0.15, 0.2) is 89.3 Å². The van der Waals surface area contributed by atoms with Crippen LogP contribution in [0, 0.1) is 0 Å². The summed E-state index contributed by atoms with van der Waals surface area (Å²) in [5, 5.41) is 2.87. The molecule has 6 nitrogen and oxygen atoms in total. The first kappa shape index (κ1) is 24.1. The Balaban J connectivity index is 1.48. The summed E-state index contributed by atoms with van der Waals surface area (Å²) < 4.78 is 24.5. The van der Waals surface area contributed by atoms with Gasteiger partial charge in [0.05, 0.1) is 25.6 Å². The monoisotopic (exact) mass is 507 g/mol. The van der Waals surface area contributed by atoms with Crippen molar-refractivity contribution in [2.75, 3.05) is 20.2 Å². The maximum absolute atomic E-state index is 11.9. The number of rotatable bonds is 8. The van der Waals surface area contributed by atoms with Gasteiger partial charge >= 0.3 is 5.97 Å². The molecule has 0 bridgehead atoms. The number of fused-ring (bicyclic) bond motifs is 5. The fourth-order valence-corrected chi connectivity index (χ4v) is 5.12. The van der Waals surface area contributed by atoms with Gasteiger partial charge in [-0.25, -0.2) is 0 Å². The summed E-state index contributed by atoms with van der Waals surface area (Å²) in [5.41, 5.74) is 4.06. The van der Waals surface area contributed by atoms with Gasteiger partial charge in [0, 0.05) is 22.9 Å². The van der Waals surface area contributed by atoms with Crippen LogP contribution in [-0.2, 0) is 35.7 Å². The predicted molar refractivity (Wildman–Crippen MR) is 146 cm³/mol. The number of hydrogen-bond donors (Lipinski definition) is 0. The quantitative estimate of drug-likeness (QED) is 0.231. The van der Waals surface area contributed by atoms with Gasteiger partial charge in [0.15, 0.2) is 11.5 Å². The average molecular weight is 508 g/mol. The van der Waals surface area contributed by atoms with E-state index in [4.69, 9.17) is 18.6 Å². The highest BCUT2D eigenvalue weighted by Crippen LogP contribution is 2.48. The zero-order valence-corrected chi connectivity index (χ0v) is 21.3. The number of hydrogen-bond acceptors (Lipinski definition) is 6. The van der Waals surface area contributed by atoms with Crippen molar-refractivity contribution in [2.24, 2.45) is 0 Å². The number of carbonyl (C=O) groups excluding carboxylic acids is 1. The predicted octanol–water partition coefficient (Wildman–Crippen LogP) is 6.28. The van der Waals surface area contributed by atoms with Crippen molar-refractivity contribution in [2.45, 2.75) is 26.2 Å². The van der Waals surface area contributed by atoms with E-state index in [1.54, 1.807) is 0 Å². The molecule has 0 aliphatic carbocycles. The molecule has 0 amide bonds. The molecule has 0 fully saturated rings. The van der Waals surface area contributed by atoms with E-state index in [1.165, 1.54) is 7.11 Å².